The molecule has 0 spiro atoms. The van der Waals surface area contributed by atoms with Crippen LogP contribution in [0, 0.1) is 4.91 Å². The van der Waals surface area contributed by atoms with E-state index in [0.29, 0.717) is 22.2 Å². The fourth-order valence-corrected chi connectivity index (χ4v) is 1.34. The van der Waals surface area contributed by atoms with E-state index in [1.807, 2.05) is 0 Å². The Balaban J connectivity index is 2.14. The second kappa shape index (κ2) is 4.77. The van der Waals surface area contributed by atoms with E-state index in [4.69, 9.17) is 16.3 Å². The van der Waals surface area contributed by atoms with Gasteiger partial charge in [0.15, 0.2) is 0 Å². The molecule has 0 unspecified atom stereocenters. The average Bonchev–Trinajstić information content (AvgIpc) is 2.33. The summed E-state index contributed by atoms with van der Waals surface area (Å²) in [6, 6.07) is 13.6. The molecular weight excluding hydrogens is 226 g/mol. The summed E-state index contributed by atoms with van der Waals surface area (Å²) in [6.07, 6.45) is 0. The molecule has 0 fully saturated rings. The first-order valence-corrected chi connectivity index (χ1v) is 5.02. The van der Waals surface area contributed by atoms with E-state index >= 15 is 0 Å². The van der Waals surface area contributed by atoms with E-state index in [-0.39, 0.29) is 0 Å². The zero-order chi connectivity index (χ0) is 11.4. The maximum Gasteiger partial charge on any atom is 0.127 e. The zero-order valence-electron chi connectivity index (χ0n) is 8.26. The third kappa shape index (κ3) is 2.58. The number of halogens is 1. The fourth-order valence-electron chi connectivity index (χ4n) is 1.21. The summed E-state index contributed by atoms with van der Waals surface area (Å²) in [7, 11) is 0. The lowest BCUT2D eigenvalue weighted by atomic mass is 10.3. The molecule has 0 aromatic heterocycles. The standard InChI is InChI=1S/C12H8ClNO2/c13-9-1-5-11(6-2-9)16-12-7-3-10(14-15)4-8-12/h1-8H. The minimum absolute atomic E-state index is 0.378. The van der Waals surface area contributed by atoms with E-state index < -0.39 is 0 Å². The molecule has 0 N–H and O–H groups in total. The lowest BCUT2D eigenvalue weighted by Gasteiger charge is -2.05. The van der Waals surface area contributed by atoms with Crippen molar-refractivity contribution in [3.05, 3.63) is 58.5 Å². The van der Waals surface area contributed by atoms with Crippen LogP contribution in [0.4, 0.5) is 5.69 Å². The van der Waals surface area contributed by atoms with Crippen LogP contribution in [0.25, 0.3) is 0 Å². The smallest absolute Gasteiger partial charge is 0.127 e. The Labute approximate surface area is 97.6 Å². The predicted octanol–water partition coefficient (Wildman–Crippen LogP) is 4.53. The molecular formula is C12H8ClNO2. The highest BCUT2D eigenvalue weighted by Crippen LogP contribution is 2.24. The summed E-state index contributed by atoms with van der Waals surface area (Å²) in [5.41, 5.74) is 0.378. The molecule has 2 aromatic carbocycles. The molecule has 0 saturated heterocycles. The van der Waals surface area contributed by atoms with Crippen molar-refractivity contribution >= 4 is 17.3 Å². The molecule has 2 aromatic rings. The number of rotatable bonds is 3. The van der Waals surface area contributed by atoms with Gasteiger partial charge >= 0.3 is 0 Å². The van der Waals surface area contributed by atoms with Gasteiger partial charge in [-0.3, -0.25) is 0 Å². The quantitative estimate of drug-likeness (QED) is 0.731. The highest BCUT2D eigenvalue weighted by atomic mass is 35.5. The van der Waals surface area contributed by atoms with Gasteiger partial charge in [-0.1, -0.05) is 11.6 Å². The SMILES string of the molecule is O=Nc1ccc(Oc2ccc(Cl)cc2)cc1. The van der Waals surface area contributed by atoms with Crippen molar-refractivity contribution < 1.29 is 4.74 Å². The van der Waals surface area contributed by atoms with E-state index in [2.05, 4.69) is 5.18 Å². The summed E-state index contributed by atoms with van der Waals surface area (Å²) in [5.74, 6) is 1.34. The van der Waals surface area contributed by atoms with Crippen LogP contribution >= 0.6 is 11.6 Å². The van der Waals surface area contributed by atoms with Crippen LogP contribution in [0.3, 0.4) is 0 Å². The fraction of sp³-hybridized carbons (Fsp3) is 0. The van der Waals surface area contributed by atoms with Crippen molar-refractivity contribution in [1.29, 1.82) is 0 Å². The van der Waals surface area contributed by atoms with Crippen LogP contribution in [0.1, 0.15) is 0 Å². The van der Waals surface area contributed by atoms with Gasteiger partial charge < -0.3 is 4.74 Å². The number of nitrogens with zero attached hydrogens (tertiary/aromatic N) is 1. The summed E-state index contributed by atoms with van der Waals surface area (Å²) < 4.78 is 5.53. The second-order valence-corrected chi connectivity index (χ2v) is 3.58. The first kappa shape index (κ1) is 10.6. The van der Waals surface area contributed by atoms with Crippen molar-refractivity contribution in [3.63, 3.8) is 0 Å². The molecule has 0 amide bonds. The third-order valence-corrected chi connectivity index (χ3v) is 2.24. The summed E-state index contributed by atoms with van der Waals surface area (Å²) in [4.78, 5) is 10.2. The van der Waals surface area contributed by atoms with E-state index in [1.54, 1.807) is 48.5 Å². The average molecular weight is 234 g/mol. The lowest BCUT2D eigenvalue weighted by Crippen LogP contribution is -1.82. The van der Waals surface area contributed by atoms with E-state index in [0.717, 1.165) is 0 Å². The van der Waals surface area contributed by atoms with Crippen molar-refractivity contribution in [1.82, 2.24) is 0 Å². The first-order chi connectivity index (χ1) is 7.78. The monoisotopic (exact) mass is 233 g/mol. The number of hydrogen-bond acceptors (Lipinski definition) is 3. The molecule has 0 radical (unpaired) electrons. The highest BCUT2D eigenvalue weighted by molar-refractivity contribution is 6.30. The molecule has 0 heterocycles. The zero-order valence-corrected chi connectivity index (χ0v) is 9.02. The number of nitroso groups, excluding NO2 is 1. The molecule has 80 valence electrons. The number of benzene rings is 2. The van der Waals surface area contributed by atoms with Gasteiger partial charge in [0.1, 0.15) is 17.2 Å². The van der Waals surface area contributed by atoms with Gasteiger partial charge in [0.05, 0.1) is 0 Å². The molecule has 0 atom stereocenters. The van der Waals surface area contributed by atoms with Gasteiger partial charge in [-0.05, 0) is 53.7 Å². The number of hydrogen-bond donors (Lipinski definition) is 0. The molecule has 16 heavy (non-hydrogen) atoms. The number of ether oxygens (including phenoxy) is 1. The normalized spacial score (nSPS) is 9.81. The summed E-state index contributed by atoms with van der Waals surface area (Å²) in [6.45, 7) is 0. The maximum atomic E-state index is 10.2. The highest BCUT2D eigenvalue weighted by Gasteiger charge is 1.97. The molecule has 3 nitrogen and oxygen atoms in total. The summed E-state index contributed by atoms with van der Waals surface area (Å²) in [5, 5.41) is 3.47. The maximum absolute atomic E-state index is 10.2. The molecule has 0 aliphatic rings. The van der Waals surface area contributed by atoms with Gasteiger partial charge in [0.2, 0.25) is 0 Å². The van der Waals surface area contributed by atoms with Crippen LogP contribution in [0.5, 0.6) is 11.5 Å². The van der Waals surface area contributed by atoms with Crippen LogP contribution in [-0.2, 0) is 0 Å². The molecule has 0 bridgehead atoms. The molecule has 0 aliphatic carbocycles. The van der Waals surface area contributed by atoms with Crippen molar-refractivity contribution in [2.75, 3.05) is 0 Å². The predicted molar refractivity (Wildman–Crippen MR) is 63.4 cm³/mol. The Morgan fingerprint density at radius 2 is 1.38 bits per heavy atom. The molecule has 0 aliphatic heterocycles. The van der Waals surface area contributed by atoms with Crippen LogP contribution in [0.15, 0.2) is 53.7 Å². The Morgan fingerprint density at radius 1 is 0.875 bits per heavy atom. The Kier molecular flexibility index (Phi) is 3.17. The molecule has 2 rings (SSSR count). The van der Waals surface area contributed by atoms with Gasteiger partial charge in [-0.15, -0.1) is 4.91 Å². The van der Waals surface area contributed by atoms with Crippen LogP contribution in [-0.4, -0.2) is 0 Å². The van der Waals surface area contributed by atoms with Crippen molar-refractivity contribution in [3.8, 4) is 11.5 Å². The van der Waals surface area contributed by atoms with Crippen LogP contribution < -0.4 is 4.74 Å². The van der Waals surface area contributed by atoms with Crippen molar-refractivity contribution in [2.24, 2.45) is 5.18 Å². The van der Waals surface area contributed by atoms with Crippen molar-refractivity contribution in [2.45, 2.75) is 0 Å². The topological polar surface area (TPSA) is 38.7 Å². The van der Waals surface area contributed by atoms with Gasteiger partial charge in [-0.25, -0.2) is 0 Å². The largest absolute Gasteiger partial charge is 0.457 e. The Bertz CT molecular complexity index is 479. The van der Waals surface area contributed by atoms with Crippen LogP contribution in [0.2, 0.25) is 5.02 Å². The van der Waals surface area contributed by atoms with E-state index in [1.165, 1.54) is 0 Å². The Morgan fingerprint density at radius 3 is 1.88 bits per heavy atom. The first-order valence-electron chi connectivity index (χ1n) is 4.65. The minimum atomic E-state index is 0.378. The summed E-state index contributed by atoms with van der Waals surface area (Å²) >= 11 is 5.75. The van der Waals surface area contributed by atoms with Gasteiger partial charge in [0, 0.05) is 5.02 Å². The second-order valence-electron chi connectivity index (χ2n) is 3.14. The lowest BCUT2D eigenvalue weighted by molar-refractivity contribution is 0.483. The third-order valence-electron chi connectivity index (χ3n) is 1.99. The Hall–Kier alpha value is -1.87. The van der Waals surface area contributed by atoms with E-state index in [9.17, 15) is 4.91 Å². The molecule has 0 saturated carbocycles. The van der Waals surface area contributed by atoms with Gasteiger partial charge in [-0.2, -0.15) is 0 Å². The van der Waals surface area contributed by atoms with Gasteiger partial charge in [0.25, 0.3) is 0 Å². The molecule has 4 heteroatoms. The minimum Gasteiger partial charge on any atom is -0.457 e.